The van der Waals surface area contributed by atoms with E-state index in [0.29, 0.717) is 5.56 Å². The van der Waals surface area contributed by atoms with E-state index in [-0.39, 0.29) is 5.82 Å². The van der Waals surface area contributed by atoms with Crippen LogP contribution in [-0.4, -0.2) is 17.2 Å². The molecule has 122 valence electrons. The molecule has 2 atom stereocenters. The number of halogens is 1. The van der Waals surface area contributed by atoms with Gasteiger partial charge in [0.05, 0.1) is 12.1 Å². The first-order valence-corrected chi connectivity index (χ1v) is 7.45. The molecular formula is C18H21FN2O2. The summed E-state index contributed by atoms with van der Waals surface area (Å²) in [5, 5.41) is 15.7. The Balaban J connectivity index is 2.00. The van der Waals surface area contributed by atoms with E-state index in [9.17, 15) is 14.3 Å². The van der Waals surface area contributed by atoms with Crippen LogP contribution in [0.3, 0.4) is 0 Å². The van der Waals surface area contributed by atoms with Crippen LogP contribution in [0.1, 0.15) is 29.7 Å². The normalized spacial score (nSPS) is 13.3. The van der Waals surface area contributed by atoms with E-state index in [1.807, 2.05) is 32.0 Å². The van der Waals surface area contributed by atoms with Crippen molar-refractivity contribution in [2.75, 3.05) is 5.32 Å². The van der Waals surface area contributed by atoms with Crippen LogP contribution < -0.4 is 10.6 Å². The van der Waals surface area contributed by atoms with Crippen molar-refractivity contribution in [2.45, 2.75) is 32.9 Å². The molecule has 0 bridgehead atoms. The topological polar surface area (TPSA) is 61.4 Å². The lowest BCUT2D eigenvalue weighted by molar-refractivity contribution is 0.139. The number of para-hydroxylation sites is 1. The molecule has 2 amide bonds. The second-order valence-corrected chi connectivity index (χ2v) is 5.65. The highest BCUT2D eigenvalue weighted by molar-refractivity contribution is 5.91. The number of amides is 2. The van der Waals surface area contributed by atoms with E-state index in [0.717, 1.165) is 16.8 Å². The van der Waals surface area contributed by atoms with Crippen LogP contribution >= 0.6 is 0 Å². The van der Waals surface area contributed by atoms with Crippen molar-refractivity contribution in [2.24, 2.45) is 0 Å². The van der Waals surface area contributed by atoms with Gasteiger partial charge in [-0.3, -0.25) is 0 Å². The van der Waals surface area contributed by atoms with E-state index >= 15 is 0 Å². The van der Waals surface area contributed by atoms with Crippen LogP contribution in [-0.2, 0) is 0 Å². The zero-order valence-corrected chi connectivity index (χ0v) is 13.4. The number of carbonyl (C=O) groups is 1. The number of nitrogens with one attached hydrogen (secondary N) is 2. The average molecular weight is 316 g/mol. The highest BCUT2D eigenvalue weighted by Crippen LogP contribution is 2.20. The van der Waals surface area contributed by atoms with E-state index in [1.54, 1.807) is 6.92 Å². The van der Waals surface area contributed by atoms with Gasteiger partial charge in [0.1, 0.15) is 5.82 Å². The first-order valence-electron chi connectivity index (χ1n) is 7.45. The second-order valence-electron chi connectivity index (χ2n) is 5.65. The van der Waals surface area contributed by atoms with Gasteiger partial charge in [-0.25, -0.2) is 9.18 Å². The maximum atomic E-state index is 12.9. The zero-order valence-electron chi connectivity index (χ0n) is 13.4. The fourth-order valence-corrected chi connectivity index (χ4v) is 2.40. The number of urea groups is 1. The standard InChI is InChI=1S/C18H21FN2O2/c1-11-5-4-6-12(2)16(11)21-18(23)20-13(3)17(22)14-7-9-15(19)10-8-14/h4-10,13,17,22H,1-3H3,(H2,20,21,23). The lowest BCUT2D eigenvalue weighted by Crippen LogP contribution is -2.40. The molecule has 2 aromatic rings. The van der Waals surface area contributed by atoms with Gasteiger partial charge >= 0.3 is 6.03 Å². The smallest absolute Gasteiger partial charge is 0.319 e. The van der Waals surface area contributed by atoms with Gasteiger partial charge in [0, 0.05) is 5.69 Å². The molecule has 0 aliphatic rings. The molecule has 0 aromatic heterocycles. The summed E-state index contributed by atoms with van der Waals surface area (Å²) < 4.78 is 12.9. The Labute approximate surface area is 135 Å². The van der Waals surface area contributed by atoms with Gasteiger partial charge in [-0.05, 0) is 49.6 Å². The Morgan fingerprint density at radius 3 is 2.22 bits per heavy atom. The van der Waals surface area contributed by atoms with Gasteiger partial charge < -0.3 is 15.7 Å². The predicted molar refractivity (Wildman–Crippen MR) is 88.9 cm³/mol. The Morgan fingerprint density at radius 1 is 1.09 bits per heavy atom. The second kappa shape index (κ2) is 7.24. The number of hydrogen-bond acceptors (Lipinski definition) is 2. The summed E-state index contributed by atoms with van der Waals surface area (Å²) in [4.78, 5) is 12.1. The van der Waals surface area contributed by atoms with Crippen molar-refractivity contribution >= 4 is 11.7 Å². The van der Waals surface area contributed by atoms with Crippen LogP contribution in [0.25, 0.3) is 0 Å². The molecule has 23 heavy (non-hydrogen) atoms. The van der Waals surface area contributed by atoms with E-state index in [2.05, 4.69) is 10.6 Å². The highest BCUT2D eigenvalue weighted by Gasteiger charge is 2.19. The molecule has 0 fully saturated rings. The van der Waals surface area contributed by atoms with E-state index < -0.39 is 18.2 Å². The van der Waals surface area contributed by atoms with Gasteiger partial charge in [0.15, 0.2) is 0 Å². The number of carbonyl (C=O) groups excluding carboxylic acids is 1. The maximum absolute atomic E-state index is 12.9. The zero-order chi connectivity index (χ0) is 17.0. The average Bonchev–Trinajstić information content (AvgIpc) is 2.51. The number of hydrogen-bond donors (Lipinski definition) is 3. The van der Waals surface area contributed by atoms with Gasteiger partial charge in [-0.1, -0.05) is 30.3 Å². The van der Waals surface area contributed by atoms with Crippen LogP contribution in [0.4, 0.5) is 14.9 Å². The molecule has 0 aliphatic heterocycles. The van der Waals surface area contributed by atoms with Crippen molar-refractivity contribution in [3.8, 4) is 0 Å². The van der Waals surface area contributed by atoms with E-state index in [4.69, 9.17) is 0 Å². The lowest BCUT2D eigenvalue weighted by atomic mass is 10.0. The fraction of sp³-hybridized carbons (Fsp3) is 0.278. The number of aliphatic hydroxyl groups excluding tert-OH is 1. The molecule has 4 nitrogen and oxygen atoms in total. The third-order valence-electron chi connectivity index (χ3n) is 3.76. The third-order valence-corrected chi connectivity index (χ3v) is 3.76. The first kappa shape index (κ1) is 17.0. The van der Waals surface area contributed by atoms with Crippen molar-refractivity contribution in [1.82, 2.24) is 5.32 Å². The minimum absolute atomic E-state index is 0.366. The summed E-state index contributed by atoms with van der Waals surface area (Å²) in [7, 11) is 0. The quantitative estimate of drug-likeness (QED) is 0.805. The highest BCUT2D eigenvalue weighted by atomic mass is 19.1. The largest absolute Gasteiger partial charge is 0.386 e. The summed E-state index contributed by atoms with van der Waals surface area (Å²) in [5.41, 5.74) is 3.23. The van der Waals surface area contributed by atoms with Gasteiger partial charge in [-0.2, -0.15) is 0 Å². The molecular weight excluding hydrogens is 295 g/mol. The minimum atomic E-state index is -0.917. The number of benzene rings is 2. The first-order chi connectivity index (χ1) is 10.9. The molecule has 0 saturated heterocycles. The molecule has 0 aliphatic carbocycles. The SMILES string of the molecule is Cc1cccc(C)c1NC(=O)NC(C)C(O)c1ccc(F)cc1. The molecule has 0 heterocycles. The van der Waals surface area contributed by atoms with Crippen molar-refractivity contribution in [3.63, 3.8) is 0 Å². The monoisotopic (exact) mass is 316 g/mol. The number of anilines is 1. The van der Waals surface area contributed by atoms with Crippen molar-refractivity contribution in [3.05, 3.63) is 65.0 Å². The summed E-state index contributed by atoms with van der Waals surface area (Å²) in [6.07, 6.45) is -0.917. The van der Waals surface area contributed by atoms with Gasteiger partial charge in [0.25, 0.3) is 0 Å². The molecule has 0 spiro atoms. The Morgan fingerprint density at radius 2 is 1.65 bits per heavy atom. The Bertz CT molecular complexity index is 666. The maximum Gasteiger partial charge on any atom is 0.319 e. The van der Waals surface area contributed by atoms with Crippen LogP contribution in [0.15, 0.2) is 42.5 Å². The predicted octanol–water partition coefficient (Wildman–Crippen LogP) is 3.69. The van der Waals surface area contributed by atoms with Crippen molar-refractivity contribution in [1.29, 1.82) is 0 Å². The Hall–Kier alpha value is -2.40. The molecule has 2 unspecified atom stereocenters. The lowest BCUT2D eigenvalue weighted by Gasteiger charge is -2.21. The van der Waals surface area contributed by atoms with Gasteiger partial charge in [-0.15, -0.1) is 0 Å². The number of aliphatic hydroxyl groups is 1. The summed E-state index contributed by atoms with van der Waals surface area (Å²) >= 11 is 0. The van der Waals surface area contributed by atoms with E-state index in [1.165, 1.54) is 24.3 Å². The summed E-state index contributed by atoms with van der Waals surface area (Å²) in [6.45, 7) is 5.52. The third kappa shape index (κ3) is 4.29. The van der Waals surface area contributed by atoms with Crippen LogP contribution in [0, 0.1) is 19.7 Å². The minimum Gasteiger partial charge on any atom is -0.386 e. The molecule has 5 heteroatoms. The number of rotatable bonds is 4. The molecule has 2 rings (SSSR count). The van der Waals surface area contributed by atoms with Crippen LogP contribution in [0.2, 0.25) is 0 Å². The molecule has 3 N–H and O–H groups in total. The fourth-order valence-electron chi connectivity index (χ4n) is 2.40. The summed E-state index contributed by atoms with van der Waals surface area (Å²) in [5.74, 6) is -0.366. The van der Waals surface area contributed by atoms with Crippen LogP contribution in [0.5, 0.6) is 0 Å². The molecule has 0 saturated carbocycles. The molecule has 0 radical (unpaired) electrons. The van der Waals surface area contributed by atoms with Crippen molar-refractivity contribution < 1.29 is 14.3 Å². The summed E-state index contributed by atoms with van der Waals surface area (Å²) in [6, 6.07) is 10.4. The Kier molecular flexibility index (Phi) is 5.34. The number of aryl methyl sites for hydroxylation is 2. The van der Waals surface area contributed by atoms with Gasteiger partial charge in [0.2, 0.25) is 0 Å². The molecule has 2 aromatic carbocycles.